The molecule has 0 spiro atoms. The molecule has 0 bridgehead atoms. The Hall–Kier alpha value is -1.13. The van der Waals surface area contributed by atoms with E-state index in [0.717, 1.165) is 12.2 Å². The van der Waals surface area contributed by atoms with E-state index in [0.29, 0.717) is 12.5 Å². The molecule has 0 amide bonds. The van der Waals surface area contributed by atoms with E-state index < -0.39 is 0 Å². The molecule has 1 aromatic rings. The van der Waals surface area contributed by atoms with Gasteiger partial charge in [-0.25, -0.2) is 4.98 Å². The first-order valence-corrected chi connectivity index (χ1v) is 6.28. The first kappa shape index (κ1) is 14.9. The van der Waals surface area contributed by atoms with Crippen LogP contribution in [0.2, 0.25) is 0 Å². The fourth-order valence-corrected chi connectivity index (χ4v) is 1.40. The van der Waals surface area contributed by atoms with Crippen LogP contribution in [-0.4, -0.2) is 43.2 Å². The van der Waals surface area contributed by atoms with Gasteiger partial charge in [-0.05, 0) is 47.5 Å². The lowest BCUT2D eigenvalue weighted by molar-refractivity contribution is 0.111. The lowest BCUT2D eigenvalue weighted by Gasteiger charge is -2.31. The smallest absolute Gasteiger partial charge is 0.213 e. The number of rotatable bonds is 6. The van der Waals surface area contributed by atoms with Gasteiger partial charge in [0.25, 0.3) is 0 Å². The highest BCUT2D eigenvalue weighted by molar-refractivity contribution is 5.24. The third-order valence-electron chi connectivity index (χ3n) is 3.32. The van der Waals surface area contributed by atoms with E-state index in [-0.39, 0.29) is 5.54 Å². The van der Waals surface area contributed by atoms with Crippen molar-refractivity contribution in [3.8, 4) is 5.88 Å². The van der Waals surface area contributed by atoms with Gasteiger partial charge in [-0.3, -0.25) is 0 Å². The van der Waals surface area contributed by atoms with E-state index in [1.165, 1.54) is 5.56 Å². The average molecular weight is 251 g/mol. The first-order valence-electron chi connectivity index (χ1n) is 6.28. The monoisotopic (exact) mass is 251 g/mol. The Morgan fingerprint density at radius 1 is 1.33 bits per heavy atom. The maximum Gasteiger partial charge on any atom is 0.213 e. The van der Waals surface area contributed by atoms with Crippen LogP contribution in [-0.2, 0) is 6.54 Å². The molecule has 0 fully saturated rings. The summed E-state index contributed by atoms with van der Waals surface area (Å²) in [7, 11) is 6.04. The molecule has 0 aliphatic heterocycles. The fraction of sp³-hybridized carbons (Fsp3) is 0.643. The van der Waals surface area contributed by atoms with Gasteiger partial charge in [0.15, 0.2) is 0 Å². The molecule has 0 radical (unpaired) electrons. The van der Waals surface area contributed by atoms with Gasteiger partial charge in [0.2, 0.25) is 5.88 Å². The van der Waals surface area contributed by atoms with Crippen LogP contribution in [0.4, 0.5) is 0 Å². The third-order valence-corrected chi connectivity index (χ3v) is 3.32. The van der Waals surface area contributed by atoms with Crippen LogP contribution in [0.15, 0.2) is 12.1 Å². The van der Waals surface area contributed by atoms with Crippen molar-refractivity contribution in [2.45, 2.75) is 32.9 Å². The second kappa shape index (κ2) is 6.16. The Bertz CT molecular complexity index is 389. The number of hydrogen-bond acceptors (Lipinski definition) is 4. The van der Waals surface area contributed by atoms with Crippen molar-refractivity contribution in [2.75, 3.05) is 27.7 Å². The molecule has 0 saturated carbocycles. The lowest BCUT2D eigenvalue weighted by Crippen LogP contribution is -2.43. The molecule has 0 aliphatic carbocycles. The van der Waals surface area contributed by atoms with Crippen LogP contribution in [0.25, 0.3) is 0 Å². The molecule has 1 heterocycles. The minimum Gasteiger partial charge on any atom is -0.476 e. The SMILES string of the molecule is CNCc1ccc(OCC(C)(C)N(C)C)nc1C. The summed E-state index contributed by atoms with van der Waals surface area (Å²) >= 11 is 0. The molecular formula is C14H25N3O. The summed E-state index contributed by atoms with van der Waals surface area (Å²) in [6.45, 7) is 7.77. The highest BCUT2D eigenvalue weighted by Gasteiger charge is 2.21. The van der Waals surface area contributed by atoms with Crippen molar-refractivity contribution in [3.05, 3.63) is 23.4 Å². The summed E-state index contributed by atoms with van der Waals surface area (Å²) in [6, 6.07) is 4.00. The summed E-state index contributed by atoms with van der Waals surface area (Å²) < 4.78 is 5.77. The molecule has 0 aromatic carbocycles. The standard InChI is InChI=1S/C14H25N3O/c1-11-12(9-15-4)7-8-13(16-11)18-10-14(2,3)17(5)6/h7-8,15H,9-10H2,1-6H3. The predicted octanol–water partition coefficient (Wildman–Crippen LogP) is 1.83. The zero-order valence-corrected chi connectivity index (χ0v) is 12.4. The van der Waals surface area contributed by atoms with Gasteiger partial charge in [0.05, 0.1) is 0 Å². The second-order valence-electron chi connectivity index (χ2n) is 5.42. The molecule has 0 aliphatic rings. The average Bonchev–Trinajstić information content (AvgIpc) is 2.30. The molecule has 1 N–H and O–H groups in total. The normalized spacial score (nSPS) is 11.9. The van der Waals surface area contributed by atoms with E-state index >= 15 is 0 Å². The quantitative estimate of drug-likeness (QED) is 0.837. The molecule has 0 atom stereocenters. The Morgan fingerprint density at radius 3 is 2.50 bits per heavy atom. The van der Waals surface area contributed by atoms with Crippen LogP contribution in [0.5, 0.6) is 5.88 Å². The van der Waals surface area contributed by atoms with Crippen LogP contribution >= 0.6 is 0 Å². The van der Waals surface area contributed by atoms with Gasteiger partial charge in [-0.15, -0.1) is 0 Å². The van der Waals surface area contributed by atoms with Crippen molar-refractivity contribution >= 4 is 0 Å². The number of aromatic nitrogens is 1. The molecule has 18 heavy (non-hydrogen) atoms. The van der Waals surface area contributed by atoms with Gasteiger partial charge in [0.1, 0.15) is 6.61 Å². The number of pyridine rings is 1. The summed E-state index contributed by atoms with van der Waals surface area (Å²) in [5, 5.41) is 3.13. The van der Waals surface area contributed by atoms with E-state index in [1.807, 2.05) is 20.0 Å². The minimum absolute atomic E-state index is 0.000764. The molecular weight excluding hydrogens is 226 g/mol. The fourth-order valence-electron chi connectivity index (χ4n) is 1.40. The summed E-state index contributed by atoms with van der Waals surface area (Å²) in [5.41, 5.74) is 2.22. The maximum atomic E-state index is 5.77. The van der Waals surface area contributed by atoms with Crippen LogP contribution in [0, 0.1) is 6.92 Å². The van der Waals surface area contributed by atoms with Crippen molar-refractivity contribution in [1.82, 2.24) is 15.2 Å². The van der Waals surface area contributed by atoms with Gasteiger partial charge < -0.3 is 15.0 Å². The number of nitrogens with one attached hydrogen (secondary N) is 1. The van der Waals surface area contributed by atoms with Crippen molar-refractivity contribution < 1.29 is 4.74 Å². The van der Waals surface area contributed by atoms with Crippen molar-refractivity contribution in [2.24, 2.45) is 0 Å². The highest BCUT2D eigenvalue weighted by atomic mass is 16.5. The predicted molar refractivity (Wildman–Crippen MR) is 75.0 cm³/mol. The van der Waals surface area contributed by atoms with Gasteiger partial charge in [0, 0.05) is 23.8 Å². The zero-order chi connectivity index (χ0) is 13.8. The van der Waals surface area contributed by atoms with E-state index in [1.54, 1.807) is 0 Å². The molecule has 4 heteroatoms. The topological polar surface area (TPSA) is 37.4 Å². The van der Waals surface area contributed by atoms with Gasteiger partial charge >= 0.3 is 0 Å². The lowest BCUT2D eigenvalue weighted by atomic mass is 10.1. The van der Waals surface area contributed by atoms with E-state index in [4.69, 9.17) is 4.74 Å². The highest BCUT2D eigenvalue weighted by Crippen LogP contribution is 2.16. The van der Waals surface area contributed by atoms with Crippen LogP contribution in [0.1, 0.15) is 25.1 Å². The molecule has 1 rings (SSSR count). The maximum absolute atomic E-state index is 5.77. The number of hydrogen-bond donors (Lipinski definition) is 1. The second-order valence-corrected chi connectivity index (χ2v) is 5.42. The van der Waals surface area contributed by atoms with Crippen LogP contribution in [0.3, 0.4) is 0 Å². The number of likely N-dealkylation sites (N-methyl/N-ethyl adjacent to an activating group) is 1. The largest absolute Gasteiger partial charge is 0.476 e. The first-order chi connectivity index (χ1) is 8.36. The number of nitrogens with zero attached hydrogens (tertiary/aromatic N) is 2. The van der Waals surface area contributed by atoms with Crippen LogP contribution < -0.4 is 10.1 Å². The molecule has 1 aromatic heterocycles. The van der Waals surface area contributed by atoms with Gasteiger partial charge in [-0.1, -0.05) is 6.07 Å². The van der Waals surface area contributed by atoms with Crippen molar-refractivity contribution in [3.63, 3.8) is 0 Å². The molecule has 4 nitrogen and oxygen atoms in total. The van der Waals surface area contributed by atoms with Gasteiger partial charge in [-0.2, -0.15) is 0 Å². The molecule has 0 saturated heterocycles. The Labute approximate surface area is 110 Å². The van der Waals surface area contributed by atoms with E-state index in [9.17, 15) is 0 Å². The molecule has 102 valence electrons. The Kier molecular flexibility index (Phi) is 5.11. The Balaban J connectivity index is 2.67. The summed E-state index contributed by atoms with van der Waals surface area (Å²) in [6.07, 6.45) is 0. The Morgan fingerprint density at radius 2 is 2.00 bits per heavy atom. The molecule has 0 unspecified atom stereocenters. The number of aryl methyl sites for hydroxylation is 1. The summed E-state index contributed by atoms with van der Waals surface area (Å²) in [5.74, 6) is 0.697. The minimum atomic E-state index is -0.000764. The van der Waals surface area contributed by atoms with Crippen molar-refractivity contribution in [1.29, 1.82) is 0 Å². The third kappa shape index (κ3) is 3.96. The van der Waals surface area contributed by atoms with E-state index in [2.05, 4.69) is 49.2 Å². The number of ether oxygens (including phenoxy) is 1. The summed E-state index contributed by atoms with van der Waals surface area (Å²) in [4.78, 5) is 6.62. The zero-order valence-electron chi connectivity index (χ0n) is 12.4.